The molecule has 7 nitrogen and oxygen atoms in total. The molecule has 3 heterocycles. The number of hydrogen-bond donors (Lipinski definition) is 2. The van der Waals surface area contributed by atoms with Crippen LogP contribution in [0.25, 0.3) is 11.0 Å². The van der Waals surface area contributed by atoms with Gasteiger partial charge in [-0.1, -0.05) is 18.3 Å². The minimum absolute atomic E-state index is 0.201. The quantitative estimate of drug-likeness (QED) is 0.485. The van der Waals surface area contributed by atoms with Crippen molar-refractivity contribution in [3.63, 3.8) is 0 Å². The topological polar surface area (TPSA) is 96.7 Å². The van der Waals surface area contributed by atoms with Crippen LogP contribution in [0.1, 0.15) is 28.9 Å². The van der Waals surface area contributed by atoms with Crippen LogP contribution in [0.2, 0.25) is 0 Å². The number of thiazole rings is 1. The van der Waals surface area contributed by atoms with Gasteiger partial charge in [-0.2, -0.15) is 0 Å². The van der Waals surface area contributed by atoms with E-state index in [0.717, 1.165) is 27.4 Å². The Labute approximate surface area is 157 Å². The highest BCUT2D eigenvalue weighted by Gasteiger charge is 2.11. The fourth-order valence-electron chi connectivity index (χ4n) is 2.34. The summed E-state index contributed by atoms with van der Waals surface area (Å²) in [6.07, 6.45) is 5.93. The Morgan fingerprint density at radius 1 is 1.31 bits per heavy atom. The van der Waals surface area contributed by atoms with Gasteiger partial charge in [-0.05, 0) is 18.2 Å². The van der Waals surface area contributed by atoms with E-state index in [4.69, 9.17) is 4.42 Å². The first-order valence-electron chi connectivity index (χ1n) is 7.98. The third-order valence-corrected chi connectivity index (χ3v) is 5.77. The third kappa shape index (κ3) is 3.63. The number of nitrogens with zero attached hydrogens (tertiary/aromatic N) is 3. The van der Waals surface area contributed by atoms with Crippen molar-refractivity contribution in [3.8, 4) is 0 Å². The van der Waals surface area contributed by atoms with Gasteiger partial charge in [0, 0.05) is 12.0 Å². The molecule has 26 heavy (non-hydrogen) atoms. The summed E-state index contributed by atoms with van der Waals surface area (Å²) in [5.41, 5.74) is 2.20. The monoisotopic (exact) mass is 385 g/mol. The molecule has 2 N–H and O–H groups in total. The van der Waals surface area contributed by atoms with Crippen LogP contribution in [-0.2, 0) is 12.2 Å². The van der Waals surface area contributed by atoms with Crippen LogP contribution in [0, 0.1) is 0 Å². The van der Waals surface area contributed by atoms with Gasteiger partial charge in [-0.25, -0.2) is 15.0 Å². The maximum atomic E-state index is 12.4. The van der Waals surface area contributed by atoms with Crippen molar-refractivity contribution in [2.24, 2.45) is 0 Å². The largest absolute Gasteiger partial charge is 0.445 e. The first kappa shape index (κ1) is 16.8. The van der Waals surface area contributed by atoms with Crippen LogP contribution >= 0.6 is 23.1 Å². The number of aryl methyl sites for hydroxylation is 1. The molecule has 1 aromatic carbocycles. The number of fused-ring (bicyclic) bond motifs is 1. The van der Waals surface area contributed by atoms with Crippen molar-refractivity contribution in [2.45, 2.75) is 23.3 Å². The molecule has 0 fully saturated rings. The molecular formula is C17H15N5O2S2. The van der Waals surface area contributed by atoms with Gasteiger partial charge in [-0.15, -0.1) is 11.8 Å². The van der Waals surface area contributed by atoms with E-state index in [-0.39, 0.29) is 5.91 Å². The molecule has 4 aromatic rings. The molecule has 0 aliphatic rings. The molecule has 0 atom stereocenters. The summed E-state index contributed by atoms with van der Waals surface area (Å²) >= 11 is 3.00. The molecule has 0 aliphatic heterocycles. The van der Waals surface area contributed by atoms with Gasteiger partial charge in [-0.3, -0.25) is 10.1 Å². The van der Waals surface area contributed by atoms with Crippen molar-refractivity contribution >= 4 is 45.2 Å². The van der Waals surface area contributed by atoms with Crippen molar-refractivity contribution in [2.75, 3.05) is 5.32 Å². The number of rotatable bonds is 6. The first-order chi connectivity index (χ1) is 12.7. The van der Waals surface area contributed by atoms with Crippen LogP contribution in [0.5, 0.6) is 0 Å². The Kier molecular flexibility index (Phi) is 4.72. The minimum atomic E-state index is -0.201. The van der Waals surface area contributed by atoms with E-state index >= 15 is 0 Å². The highest BCUT2D eigenvalue weighted by molar-refractivity contribution is 8.00. The Balaban J connectivity index is 1.38. The highest BCUT2D eigenvalue weighted by Crippen LogP contribution is 2.30. The molecule has 0 saturated heterocycles. The van der Waals surface area contributed by atoms with Crippen LogP contribution in [0.4, 0.5) is 5.13 Å². The standard InChI is InChI=1S/C17H15N5O2S2/c1-2-11-6-18-14(24-11)8-25-15-7-19-17(26-15)22-16(23)10-3-4-12-13(5-10)21-9-20-12/h3-7,9H,2,8H2,1H3,(H,20,21)(H,19,22,23). The molecule has 3 aromatic heterocycles. The maximum Gasteiger partial charge on any atom is 0.257 e. The van der Waals surface area contributed by atoms with E-state index in [1.54, 1.807) is 42.6 Å². The van der Waals surface area contributed by atoms with Gasteiger partial charge in [0.25, 0.3) is 5.91 Å². The number of H-pyrrole nitrogens is 1. The summed E-state index contributed by atoms with van der Waals surface area (Å²) in [4.78, 5) is 28.0. The van der Waals surface area contributed by atoms with Gasteiger partial charge < -0.3 is 9.40 Å². The van der Waals surface area contributed by atoms with Gasteiger partial charge in [0.05, 0.1) is 39.7 Å². The number of thioether (sulfide) groups is 1. The van der Waals surface area contributed by atoms with Crippen molar-refractivity contribution in [1.82, 2.24) is 19.9 Å². The number of carbonyl (C=O) groups is 1. The maximum absolute atomic E-state index is 12.4. The summed E-state index contributed by atoms with van der Waals surface area (Å²) in [5, 5.41) is 3.39. The third-order valence-electron chi connectivity index (χ3n) is 3.68. The molecule has 0 spiro atoms. The lowest BCUT2D eigenvalue weighted by Gasteiger charge is -2.01. The number of aromatic amines is 1. The minimum Gasteiger partial charge on any atom is -0.445 e. The van der Waals surface area contributed by atoms with E-state index in [9.17, 15) is 4.79 Å². The fourth-order valence-corrected chi connectivity index (χ4v) is 4.06. The fraction of sp³-hybridized carbons (Fsp3) is 0.176. The number of carbonyl (C=O) groups excluding carboxylic acids is 1. The smallest absolute Gasteiger partial charge is 0.257 e. The van der Waals surface area contributed by atoms with E-state index < -0.39 is 0 Å². The first-order valence-corrected chi connectivity index (χ1v) is 9.78. The predicted octanol–water partition coefficient (Wildman–Crippen LogP) is 4.11. The number of oxazole rings is 1. The van der Waals surface area contributed by atoms with Gasteiger partial charge in [0.2, 0.25) is 5.89 Å². The predicted molar refractivity (Wildman–Crippen MR) is 102 cm³/mol. The summed E-state index contributed by atoms with van der Waals surface area (Å²) < 4.78 is 6.57. The van der Waals surface area contributed by atoms with E-state index in [2.05, 4.69) is 25.3 Å². The number of amides is 1. The summed E-state index contributed by atoms with van der Waals surface area (Å²) in [6.45, 7) is 2.03. The highest BCUT2D eigenvalue weighted by atomic mass is 32.2. The summed E-state index contributed by atoms with van der Waals surface area (Å²) in [7, 11) is 0. The molecule has 9 heteroatoms. The zero-order valence-electron chi connectivity index (χ0n) is 13.9. The lowest BCUT2D eigenvalue weighted by molar-refractivity contribution is 0.102. The molecule has 132 valence electrons. The van der Waals surface area contributed by atoms with Gasteiger partial charge in [0.15, 0.2) is 5.13 Å². The molecule has 0 radical (unpaired) electrons. The summed E-state index contributed by atoms with van der Waals surface area (Å²) in [5.74, 6) is 2.00. The van der Waals surface area contributed by atoms with Crippen LogP contribution in [-0.4, -0.2) is 25.8 Å². The zero-order chi connectivity index (χ0) is 17.9. The van der Waals surface area contributed by atoms with E-state index in [0.29, 0.717) is 22.3 Å². The molecule has 0 bridgehead atoms. The Morgan fingerprint density at radius 2 is 2.23 bits per heavy atom. The second kappa shape index (κ2) is 7.30. The SMILES string of the molecule is CCc1cnc(CSc2cnc(NC(=O)c3ccc4nc[nH]c4c3)s2)o1. The lowest BCUT2D eigenvalue weighted by atomic mass is 10.2. The molecule has 0 saturated carbocycles. The molecule has 1 amide bonds. The van der Waals surface area contributed by atoms with Crippen molar-refractivity contribution in [3.05, 3.63) is 54.1 Å². The van der Waals surface area contributed by atoms with Crippen LogP contribution in [0.3, 0.4) is 0 Å². The van der Waals surface area contributed by atoms with Gasteiger partial charge in [0.1, 0.15) is 5.76 Å². The number of nitrogens with one attached hydrogen (secondary N) is 2. The molecule has 4 rings (SSSR count). The van der Waals surface area contributed by atoms with Crippen LogP contribution < -0.4 is 5.32 Å². The Morgan fingerprint density at radius 3 is 3.08 bits per heavy atom. The Hall–Kier alpha value is -2.65. The average molecular weight is 385 g/mol. The normalized spacial score (nSPS) is 11.1. The summed E-state index contributed by atoms with van der Waals surface area (Å²) in [6, 6.07) is 5.33. The van der Waals surface area contributed by atoms with Gasteiger partial charge >= 0.3 is 0 Å². The second-order valence-corrected chi connectivity index (χ2v) is 7.74. The molecular weight excluding hydrogens is 370 g/mol. The van der Waals surface area contributed by atoms with Crippen molar-refractivity contribution in [1.29, 1.82) is 0 Å². The molecule has 0 aliphatic carbocycles. The molecule has 0 unspecified atom stereocenters. The number of hydrogen-bond acceptors (Lipinski definition) is 7. The number of anilines is 1. The number of aromatic nitrogens is 4. The van der Waals surface area contributed by atoms with Crippen LogP contribution in [0.15, 0.2) is 45.5 Å². The Bertz CT molecular complexity index is 1050. The second-order valence-electron chi connectivity index (χ2n) is 5.44. The lowest BCUT2D eigenvalue weighted by Crippen LogP contribution is -2.11. The van der Waals surface area contributed by atoms with E-state index in [1.165, 1.54) is 11.3 Å². The van der Waals surface area contributed by atoms with Crippen molar-refractivity contribution < 1.29 is 9.21 Å². The number of imidazole rings is 1. The number of benzene rings is 1. The van der Waals surface area contributed by atoms with E-state index in [1.807, 2.05) is 13.0 Å². The zero-order valence-corrected chi connectivity index (χ0v) is 15.5. The average Bonchev–Trinajstić information content (AvgIpc) is 3.39.